The third kappa shape index (κ3) is 2.09. The molecule has 2 fully saturated rings. The molecule has 0 spiro atoms. The number of fused-ring (bicyclic) bond motifs is 2. The van der Waals surface area contributed by atoms with Crippen LogP contribution >= 0.6 is 0 Å². The summed E-state index contributed by atoms with van der Waals surface area (Å²) in [6.45, 7) is 5.78. The molecular weight excluding hydrogens is 264 g/mol. The van der Waals surface area contributed by atoms with E-state index in [9.17, 15) is 4.79 Å². The fraction of sp³-hybridized carbons (Fsp3) is 0.588. The molecule has 0 aromatic heterocycles. The maximum atomic E-state index is 13.0. The molecule has 1 amide bonds. The average Bonchev–Trinajstić information content (AvgIpc) is 3.09. The van der Waals surface area contributed by atoms with Gasteiger partial charge in [0.1, 0.15) is 0 Å². The first kappa shape index (κ1) is 13.3. The van der Waals surface area contributed by atoms with Crippen LogP contribution in [0.1, 0.15) is 24.2 Å². The molecule has 3 aliphatic heterocycles. The van der Waals surface area contributed by atoms with Crippen molar-refractivity contribution in [3.05, 3.63) is 35.4 Å². The highest BCUT2D eigenvalue weighted by atomic mass is 16.5. The second kappa shape index (κ2) is 5.11. The van der Waals surface area contributed by atoms with E-state index in [0.29, 0.717) is 24.5 Å². The molecule has 0 aliphatic carbocycles. The van der Waals surface area contributed by atoms with E-state index in [4.69, 9.17) is 4.74 Å². The second-order valence-corrected chi connectivity index (χ2v) is 6.51. The highest BCUT2D eigenvalue weighted by Gasteiger charge is 2.45. The van der Waals surface area contributed by atoms with Crippen LogP contribution in [-0.4, -0.2) is 43.1 Å². The van der Waals surface area contributed by atoms with E-state index in [1.807, 2.05) is 18.2 Å². The van der Waals surface area contributed by atoms with Crippen molar-refractivity contribution in [2.45, 2.75) is 25.5 Å². The maximum Gasteiger partial charge on any atom is 0.256 e. The first-order valence-corrected chi connectivity index (χ1v) is 7.96. The van der Waals surface area contributed by atoms with Gasteiger partial charge >= 0.3 is 0 Å². The summed E-state index contributed by atoms with van der Waals surface area (Å²) in [6.07, 6.45) is 0.509. The number of carbonyl (C=O) groups is 1. The van der Waals surface area contributed by atoms with Crippen molar-refractivity contribution in [2.24, 2.45) is 11.8 Å². The van der Waals surface area contributed by atoms with E-state index in [-0.39, 0.29) is 5.91 Å². The van der Waals surface area contributed by atoms with Gasteiger partial charge in [-0.15, -0.1) is 0 Å². The minimum atomic E-state index is -0.399. The third-order valence-corrected chi connectivity index (χ3v) is 5.44. The lowest BCUT2D eigenvalue weighted by Crippen LogP contribution is -2.42. The quantitative estimate of drug-likeness (QED) is 0.848. The van der Waals surface area contributed by atoms with Crippen molar-refractivity contribution in [3.63, 3.8) is 0 Å². The third-order valence-electron chi connectivity index (χ3n) is 5.44. The molecule has 0 saturated carbocycles. The van der Waals surface area contributed by atoms with Gasteiger partial charge in [-0.1, -0.05) is 24.3 Å². The van der Waals surface area contributed by atoms with Gasteiger partial charge in [0.05, 0.1) is 6.61 Å². The Balaban J connectivity index is 1.59. The Hall–Kier alpha value is -1.39. The normalized spacial score (nSPS) is 34.6. The van der Waals surface area contributed by atoms with Gasteiger partial charge in [-0.2, -0.15) is 0 Å². The number of hydrogen-bond donors (Lipinski definition) is 1. The number of nitrogens with one attached hydrogen (secondary N) is 1. The summed E-state index contributed by atoms with van der Waals surface area (Å²) < 4.78 is 5.84. The van der Waals surface area contributed by atoms with Crippen LogP contribution in [0.15, 0.2) is 24.3 Å². The maximum absolute atomic E-state index is 13.0. The van der Waals surface area contributed by atoms with Gasteiger partial charge < -0.3 is 15.0 Å². The zero-order valence-electron chi connectivity index (χ0n) is 12.4. The predicted molar refractivity (Wildman–Crippen MR) is 79.9 cm³/mol. The highest BCUT2D eigenvalue weighted by Crippen LogP contribution is 2.36. The number of rotatable bonds is 1. The van der Waals surface area contributed by atoms with Gasteiger partial charge in [-0.05, 0) is 36.3 Å². The summed E-state index contributed by atoms with van der Waals surface area (Å²) in [7, 11) is 0. The zero-order valence-corrected chi connectivity index (χ0v) is 12.4. The van der Waals surface area contributed by atoms with Crippen LogP contribution in [-0.2, 0) is 16.0 Å². The van der Waals surface area contributed by atoms with Crippen LogP contribution in [0.2, 0.25) is 0 Å². The van der Waals surface area contributed by atoms with Crippen molar-refractivity contribution < 1.29 is 9.53 Å². The first-order chi connectivity index (χ1) is 10.3. The van der Waals surface area contributed by atoms with Gasteiger partial charge in [-0.25, -0.2) is 0 Å². The summed E-state index contributed by atoms with van der Waals surface area (Å²) in [4.78, 5) is 15.0. The Bertz CT molecular complexity index is 559. The van der Waals surface area contributed by atoms with E-state index in [1.54, 1.807) is 0 Å². The minimum Gasteiger partial charge on any atom is -0.363 e. The van der Waals surface area contributed by atoms with Crippen molar-refractivity contribution in [2.75, 3.05) is 26.2 Å². The number of likely N-dealkylation sites (tertiary alicyclic amines) is 1. The molecule has 112 valence electrons. The SMILES string of the molecule is CC1C2CNCC2CN1C(=O)C1OCCc2ccccc21. The van der Waals surface area contributed by atoms with Crippen LogP contribution in [0.25, 0.3) is 0 Å². The number of ether oxygens (including phenoxy) is 1. The number of amides is 1. The summed E-state index contributed by atoms with van der Waals surface area (Å²) in [5.74, 6) is 1.37. The molecule has 4 heteroatoms. The summed E-state index contributed by atoms with van der Waals surface area (Å²) in [5, 5.41) is 3.44. The van der Waals surface area contributed by atoms with Gasteiger partial charge in [0.25, 0.3) is 5.91 Å². The molecule has 3 heterocycles. The molecule has 1 aromatic carbocycles. The van der Waals surface area contributed by atoms with Crippen LogP contribution < -0.4 is 5.32 Å². The van der Waals surface area contributed by atoms with Crippen molar-refractivity contribution in [1.82, 2.24) is 10.2 Å². The lowest BCUT2D eigenvalue weighted by atomic mass is 9.95. The van der Waals surface area contributed by atoms with E-state index < -0.39 is 6.10 Å². The summed E-state index contributed by atoms with van der Waals surface area (Å²) in [5.41, 5.74) is 2.33. The molecule has 0 radical (unpaired) electrons. The van der Waals surface area contributed by atoms with Crippen molar-refractivity contribution >= 4 is 5.91 Å². The molecule has 1 N–H and O–H groups in total. The Morgan fingerprint density at radius 1 is 1.33 bits per heavy atom. The average molecular weight is 286 g/mol. The van der Waals surface area contributed by atoms with E-state index in [1.165, 1.54) is 5.56 Å². The number of carbonyl (C=O) groups excluding carboxylic acids is 1. The molecule has 4 rings (SSSR count). The lowest BCUT2D eigenvalue weighted by molar-refractivity contribution is -0.146. The van der Waals surface area contributed by atoms with Crippen LogP contribution in [0, 0.1) is 11.8 Å². The molecule has 3 aliphatic rings. The smallest absolute Gasteiger partial charge is 0.256 e. The number of benzene rings is 1. The van der Waals surface area contributed by atoms with Gasteiger partial charge in [-0.3, -0.25) is 4.79 Å². The van der Waals surface area contributed by atoms with Crippen molar-refractivity contribution in [3.8, 4) is 0 Å². The lowest BCUT2D eigenvalue weighted by Gasteiger charge is -2.32. The van der Waals surface area contributed by atoms with Crippen LogP contribution in [0.4, 0.5) is 0 Å². The molecule has 21 heavy (non-hydrogen) atoms. The van der Waals surface area contributed by atoms with Gasteiger partial charge in [0, 0.05) is 25.7 Å². The molecule has 4 nitrogen and oxygen atoms in total. The first-order valence-electron chi connectivity index (χ1n) is 7.96. The second-order valence-electron chi connectivity index (χ2n) is 6.51. The fourth-order valence-electron chi connectivity index (χ4n) is 4.21. The molecule has 4 unspecified atom stereocenters. The van der Waals surface area contributed by atoms with Gasteiger partial charge in [0.2, 0.25) is 0 Å². The Labute approximate surface area is 125 Å². The topological polar surface area (TPSA) is 41.6 Å². The van der Waals surface area contributed by atoms with E-state index >= 15 is 0 Å². The standard InChI is InChI=1S/C17H22N2O2/c1-11-15-9-18-8-13(15)10-19(11)17(20)16-14-5-3-2-4-12(14)6-7-21-16/h2-5,11,13,15-16,18H,6-10H2,1H3. The Morgan fingerprint density at radius 3 is 3.05 bits per heavy atom. The number of hydrogen-bond acceptors (Lipinski definition) is 3. The van der Waals surface area contributed by atoms with Crippen molar-refractivity contribution in [1.29, 1.82) is 0 Å². The monoisotopic (exact) mass is 286 g/mol. The van der Waals surface area contributed by atoms with Gasteiger partial charge in [0.15, 0.2) is 6.10 Å². The van der Waals surface area contributed by atoms with Crippen LogP contribution in [0.5, 0.6) is 0 Å². The molecular formula is C17H22N2O2. The zero-order chi connectivity index (χ0) is 14.4. The Morgan fingerprint density at radius 2 is 2.19 bits per heavy atom. The molecule has 0 bridgehead atoms. The summed E-state index contributed by atoms with van der Waals surface area (Å²) in [6, 6.07) is 8.51. The largest absolute Gasteiger partial charge is 0.363 e. The molecule has 1 aromatic rings. The summed E-state index contributed by atoms with van der Waals surface area (Å²) >= 11 is 0. The van der Waals surface area contributed by atoms with E-state index in [0.717, 1.165) is 31.6 Å². The molecule has 2 saturated heterocycles. The Kier molecular flexibility index (Phi) is 3.23. The highest BCUT2D eigenvalue weighted by molar-refractivity contribution is 5.83. The number of nitrogens with zero attached hydrogens (tertiary/aromatic N) is 1. The van der Waals surface area contributed by atoms with Crippen LogP contribution in [0.3, 0.4) is 0 Å². The molecule has 4 atom stereocenters. The fourth-order valence-corrected chi connectivity index (χ4v) is 4.21. The predicted octanol–water partition coefficient (Wildman–Crippen LogP) is 1.37. The van der Waals surface area contributed by atoms with E-state index in [2.05, 4.69) is 23.2 Å². The minimum absolute atomic E-state index is 0.157.